The Hall–Kier alpha value is -3.93. The maximum atomic E-state index is 13.0. The highest BCUT2D eigenvalue weighted by molar-refractivity contribution is 5.94. The van der Waals surface area contributed by atoms with E-state index in [4.69, 9.17) is 9.15 Å². The van der Waals surface area contributed by atoms with Crippen molar-refractivity contribution in [1.29, 1.82) is 0 Å². The van der Waals surface area contributed by atoms with Crippen LogP contribution in [0.2, 0.25) is 0 Å². The molecule has 29 heavy (non-hydrogen) atoms. The molecule has 4 rings (SSSR count). The zero-order chi connectivity index (χ0) is 20.1. The summed E-state index contributed by atoms with van der Waals surface area (Å²) < 4.78 is 23.7. The number of amides is 1. The first kappa shape index (κ1) is 18.4. The predicted molar refractivity (Wildman–Crippen MR) is 106 cm³/mol. The van der Waals surface area contributed by atoms with Gasteiger partial charge in [0.15, 0.2) is 0 Å². The summed E-state index contributed by atoms with van der Waals surface area (Å²) in [5.74, 6) is 0.425. The van der Waals surface area contributed by atoms with Crippen LogP contribution in [0.1, 0.15) is 15.9 Å². The third kappa shape index (κ3) is 4.68. The van der Waals surface area contributed by atoms with E-state index in [1.54, 1.807) is 43.0 Å². The van der Waals surface area contributed by atoms with Crippen LogP contribution in [0.5, 0.6) is 11.5 Å². The largest absolute Gasteiger partial charge is 0.472 e. The highest BCUT2D eigenvalue weighted by Crippen LogP contribution is 2.22. The fourth-order valence-corrected chi connectivity index (χ4v) is 2.73. The molecule has 144 valence electrons. The van der Waals surface area contributed by atoms with Crippen LogP contribution in [0, 0.1) is 5.82 Å². The molecule has 0 bridgehead atoms. The summed E-state index contributed by atoms with van der Waals surface area (Å²) in [5, 5.41) is 2.87. The van der Waals surface area contributed by atoms with Crippen LogP contribution in [0.15, 0.2) is 89.9 Å². The maximum Gasteiger partial charge on any atom is 0.251 e. The molecule has 2 aromatic carbocycles. The van der Waals surface area contributed by atoms with Crippen LogP contribution in [0.3, 0.4) is 0 Å². The number of benzene rings is 2. The van der Waals surface area contributed by atoms with Gasteiger partial charge in [0.05, 0.1) is 18.2 Å². The minimum absolute atomic E-state index is 0.228. The first-order chi connectivity index (χ1) is 14.2. The van der Waals surface area contributed by atoms with E-state index in [0.29, 0.717) is 23.6 Å². The summed E-state index contributed by atoms with van der Waals surface area (Å²) in [4.78, 5) is 16.9. The van der Waals surface area contributed by atoms with Gasteiger partial charge >= 0.3 is 0 Å². The molecule has 2 heterocycles. The lowest BCUT2D eigenvalue weighted by Crippen LogP contribution is -2.22. The second kappa shape index (κ2) is 8.39. The van der Waals surface area contributed by atoms with E-state index in [1.165, 1.54) is 24.3 Å². The molecule has 5 nitrogen and oxygen atoms in total. The Morgan fingerprint density at radius 2 is 1.90 bits per heavy atom. The zero-order valence-corrected chi connectivity index (χ0v) is 15.3. The van der Waals surface area contributed by atoms with Gasteiger partial charge in [-0.2, -0.15) is 0 Å². The number of pyridine rings is 1. The Balaban J connectivity index is 1.37. The van der Waals surface area contributed by atoms with Crippen LogP contribution >= 0.6 is 0 Å². The normalized spacial score (nSPS) is 10.5. The van der Waals surface area contributed by atoms with Crippen molar-refractivity contribution in [2.45, 2.75) is 6.54 Å². The van der Waals surface area contributed by atoms with Gasteiger partial charge in [-0.25, -0.2) is 4.39 Å². The van der Waals surface area contributed by atoms with Crippen molar-refractivity contribution in [2.24, 2.45) is 0 Å². The predicted octanol–water partition coefficient (Wildman–Crippen LogP) is 5.20. The first-order valence-electron chi connectivity index (χ1n) is 8.96. The Morgan fingerprint density at radius 1 is 1.03 bits per heavy atom. The second-order valence-electron chi connectivity index (χ2n) is 6.33. The van der Waals surface area contributed by atoms with Crippen LogP contribution in [0.4, 0.5) is 4.39 Å². The molecule has 0 fully saturated rings. The van der Waals surface area contributed by atoms with Gasteiger partial charge in [0.2, 0.25) is 0 Å². The lowest BCUT2D eigenvalue weighted by molar-refractivity contribution is 0.0950. The van der Waals surface area contributed by atoms with E-state index in [0.717, 1.165) is 16.8 Å². The first-order valence-corrected chi connectivity index (χ1v) is 8.96. The third-order valence-electron chi connectivity index (χ3n) is 4.24. The lowest BCUT2D eigenvalue weighted by Gasteiger charge is -2.09. The maximum absolute atomic E-state index is 13.0. The van der Waals surface area contributed by atoms with Gasteiger partial charge in [-0.15, -0.1) is 0 Å². The minimum Gasteiger partial charge on any atom is -0.472 e. The summed E-state index contributed by atoms with van der Waals surface area (Å²) in [6, 6.07) is 18.1. The van der Waals surface area contributed by atoms with Gasteiger partial charge in [0.1, 0.15) is 17.3 Å². The smallest absolute Gasteiger partial charge is 0.251 e. The standard InChI is InChI=1S/C23H17FN2O3/c24-19-5-7-20(8-6-19)29-21-3-1-2-17(12-21)23(27)26-14-16-4-9-22(25-13-16)18-10-11-28-15-18/h1-13,15H,14H2,(H,26,27). The van der Waals surface area contributed by atoms with E-state index < -0.39 is 0 Å². The number of furan rings is 1. The average Bonchev–Trinajstić information content (AvgIpc) is 3.29. The van der Waals surface area contributed by atoms with Crippen molar-refractivity contribution in [3.63, 3.8) is 0 Å². The van der Waals surface area contributed by atoms with E-state index in [2.05, 4.69) is 10.3 Å². The van der Waals surface area contributed by atoms with Gasteiger partial charge in [0.25, 0.3) is 5.91 Å². The lowest BCUT2D eigenvalue weighted by atomic mass is 10.1. The summed E-state index contributed by atoms with van der Waals surface area (Å²) in [7, 11) is 0. The molecule has 0 saturated carbocycles. The van der Waals surface area contributed by atoms with Crippen molar-refractivity contribution < 1.29 is 18.3 Å². The minimum atomic E-state index is -0.335. The molecule has 6 heteroatoms. The molecule has 0 saturated heterocycles. The number of hydrogen-bond donors (Lipinski definition) is 1. The number of nitrogens with one attached hydrogen (secondary N) is 1. The fraction of sp³-hybridized carbons (Fsp3) is 0.0435. The highest BCUT2D eigenvalue weighted by atomic mass is 19.1. The van der Waals surface area contributed by atoms with Crippen LogP contribution in [0.25, 0.3) is 11.3 Å². The summed E-state index contributed by atoms with van der Waals surface area (Å²) in [6.45, 7) is 0.348. The number of carbonyl (C=O) groups is 1. The Bertz CT molecular complexity index is 1090. The van der Waals surface area contributed by atoms with E-state index >= 15 is 0 Å². The van der Waals surface area contributed by atoms with Crippen molar-refractivity contribution in [2.75, 3.05) is 0 Å². The summed E-state index contributed by atoms with van der Waals surface area (Å²) in [6.07, 6.45) is 4.94. The average molecular weight is 388 g/mol. The SMILES string of the molecule is O=C(NCc1ccc(-c2ccoc2)nc1)c1cccc(Oc2ccc(F)cc2)c1. The van der Waals surface area contributed by atoms with Crippen molar-refractivity contribution in [3.05, 3.63) is 102 Å². The molecule has 1 amide bonds. The zero-order valence-electron chi connectivity index (χ0n) is 15.3. The van der Waals surface area contributed by atoms with Gasteiger partial charge < -0.3 is 14.5 Å². The molecular formula is C23H17FN2O3. The van der Waals surface area contributed by atoms with Gasteiger partial charge in [-0.3, -0.25) is 9.78 Å². The van der Waals surface area contributed by atoms with Gasteiger partial charge in [0, 0.05) is 23.9 Å². The second-order valence-corrected chi connectivity index (χ2v) is 6.33. The highest BCUT2D eigenvalue weighted by Gasteiger charge is 2.08. The number of aromatic nitrogens is 1. The number of carbonyl (C=O) groups excluding carboxylic acids is 1. The Kier molecular flexibility index (Phi) is 5.33. The molecule has 0 spiro atoms. The van der Waals surface area contributed by atoms with Crippen LogP contribution < -0.4 is 10.1 Å². The number of ether oxygens (including phenoxy) is 1. The topological polar surface area (TPSA) is 64.4 Å². The molecule has 0 aliphatic carbocycles. The molecule has 0 unspecified atom stereocenters. The molecule has 4 aromatic rings. The molecule has 0 atom stereocenters. The van der Waals surface area contributed by atoms with E-state index in [1.807, 2.05) is 18.2 Å². The summed E-state index contributed by atoms with van der Waals surface area (Å²) >= 11 is 0. The van der Waals surface area contributed by atoms with Gasteiger partial charge in [-0.05, 0) is 60.2 Å². The Morgan fingerprint density at radius 3 is 2.62 bits per heavy atom. The monoisotopic (exact) mass is 388 g/mol. The Labute approximate surface area is 166 Å². The van der Waals surface area contributed by atoms with Crippen LogP contribution in [-0.2, 0) is 6.54 Å². The molecular weight excluding hydrogens is 371 g/mol. The molecule has 2 aromatic heterocycles. The van der Waals surface area contributed by atoms with Gasteiger partial charge in [-0.1, -0.05) is 12.1 Å². The summed E-state index contributed by atoms with van der Waals surface area (Å²) in [5.41, 5.74) is 3.05. The number of hydrogen-bond acceptors (Lipinski definition) is 4. The van der Waals surface area contributed by atoms with E-state index in [-0.39, 0.29) is 11.7 Å². The van der Waals surface area contributed by atoms with Crippen LogP contribution in [-0.4, -0.2) is 10.9 Å². The number of nitrogens with zero attached hydrogens (tertiary/aromatic N) is 1. The third-order valence-corrected chi connectivity index (χ3v) is 4.24. The quantitative estimate of drug-likeness (QED) is 0.493. The van der Waals surface area contributed by atoms with E-state index in [9.17, 15) is 9.18 Å². The number of rotatable bonds is 6. The molecule has 0 radical (unpaired) electrons. The molecule has 0 aliphatic rings. The van der Waals surface area contributed by atoms with Crippen molar-refractivity contribution in [1.82, 2.24) is 10.3 Å². The number of halogens is 1. The van der Waals surface area contributed by atoms with Crippen molar-refractivity contribution in [3.8, 4) is 22.8 Å². The van der Waals surface area contributed by atoms with Crippen molar-refractivity contribution >= 4 is 5.91 Å². The molecule has 0 aliphatic heterocycles. The fourth-order valence-electron chi connectivity index (χ4n) is 2.73. The molecule has 1 N–H and O–H groups in total.